The number of alkyl carbamates (subject to hydrolysis) is 1. The van der Waals surface area contributed by atoms with Gasteiger partial charge in [0, 0.05) is 13.0 Å². The fourth-order valence-electron chi connectivity index (χ4n) is 0.836. The van der Waals surface area contributed by atoms with E-state index in [0.29, 0.717) is 0 Å². The van der Waals surface area contributed by atoms with Crippen molar-refractivity contribution in [3.63, 3.8) is 0 Å². The van der Waals surface area contributed by atoms with Crippen molar-refractivity contribution in [3.05, 3.63) is 0 Å². The van der Waals surface area contributed by atoms with Gasteiger partial charge in [-0.1, -0.05) is 0 Å². The van der Waals surface area contributed by atoms with E-state index in [0.717, 1.165) is 0 Å². The van der Waals surface area contributed by atoms with Gasteiger partial charge in [0.05, 0.1) is 0 Å². The molecule has 0 rings (SSSR count). The molecule has 7 heteroatoms. The second-order valence-corrected chi connectivity index (χ2v) is 4.05. The molecule has 0 aliphatic rings. The van der Waals surface area contributed by atoms with E-state index in [9.17, 15) is 9.59 Å². The molecule has 1 atom stereocenters. The number of carbonyl (C=O) groups is 2. The van der Waals surface area contributed by atoms with Gasteiger partial charge in [0.2, 0.25) is 0 Å². The first-order chi connectivity index (χ1) is 6.76. The average Bonchev–Trinajstić information content (AvgIpc) is 1.99. The fraction of sp³-hybridized carbons (Fsp3) is 0.778. The number of rotatable bonds is 4. The van der Waals surface area contributed by atoms with Crippen LogP contribution in [0.15, 0.2) is 0 Å². The van der Waals surface area contributed by atoms with Crippen LogP contribution in [0.25, 0.3) is 0 Å². The second-order valence-electron chi connectivity index (χ2n) is 4.05. The van der Waals surface area contributed by atoms with Crippen LogP contribution in [-0.2, 0) is 9.53 Å². The quantitative estimate of drug-likeness (QED) is 0.589. The van der Waals surface area contributed by atoms with E-state index in [1.807, 2.05) is 0 Å². The molecular weight excluding hydrogens is 225 g/mol. The minimum absolute atomic E-state index is 0. The Bertz CT molecular complexity index is 239. The number of nitrogens with one attached hydrogen (secondary N) is 1. The molecule has 0 bridgehead atoms. The first-order valence-electron chi connectivity index (χ1n) is 4.59. The third kappa shape index (κ3) is 8.96. The van der Waals surface area contributed by atoms with E-state index in [2.05, 4.69) is 5.32 Å². The van der Waals surface area contributed by atoms with E-state index < -0.39 is 23.7 Å². The number of aliphatic hydroxyl groups excluding tert-OH is 1. The number of hydrogen-bond donors (Lipinski definition) is 3. The van der Waals surface area contributed by atoms with Crippen molar-refractivity contribution < 1.29 is 24.5 Å². The summed E-state index contributed by atoms with van der Waals surface area (Å²) in [5, 5.41) is 19.4. The summed E-state index contributed by atoms with van der Waals surface area (Å²) < 4.78 is 4.87. The zero-order chi connectivity index (χ0) is 12.1. The number of carboxylic acid groups (broad SMARTS) is 1. The Morgan fingerprint density at radius 2 is 1.88 bits per heavy atom. The fourth-order valence-corrected chi connectivity index (χ4v) is 0.836. The summed E-state index contributed by atoms with van der Waals surface area (Å²) in [4.78, 5) is 21.8. The van der Waals surface area contributed by atoms with E-state index >= 15 is 0 Å². The third-order valence-corrected chi connectivity index (χ3v) is 1.41. The first kappa shape index (κ1) is 18.1. The Balaban J connectivity index is 0. The number of aliphatic hydroxyl groups is 1. The number of hydrogen-bond acceptors (Lipinski definition) is 4. The van der Waals surface area contributed by atoms with Crippen LogP contribution in [0.1, 0.15) is 27.2 Å². The van der Waals surface area contributed by atoms with E-state index in [1.54, 1.807) is 20.8 Å². The van der Waals surface area contributed by atoms with E-state index in [-0.39, 0.29) is 42.6 Å². The molecule has 0 radical (unpaired) electrons. The Hall–Kier alpha value is -0.300. The summed E-state index contributed by atoms with van der Waals surface area (Å²) in [6.45, 7) is 4.71. The number of carbonyl (C=O) groups excluding carboxylic acids is 1. The van der Waals surface area contributed by atoms with E-state index in [4.69, 9.17) is 14.9 Å². The zero-order valence-electron chi connectivity index (χ0n) is 9.11. The Morgan fingerprint density at radius 1 is 1.38 bits per heavy atom. The van der Waals surface area contributed by atoms with Crippen molar-refractivity contribution in [2.75, 3.05) is 6.61 Å². The normalized spacial score (nSPS) is 12.2. The molecule has 3 N–H and O–H groups in total. The standard InChI is InChI=1S/C9H17NO5.Na.H/c1-9(2,3)15-8(14)10-6(4-5-11)7(12)13;;/h6,11H,4-5H2,1-3H3,(H,10,14)(H,12,13);;/t6-;;/m1../s1. The first-order valence-corrected chi connectivity index (χ1v) is 4.59. The molecule has 0 aromatic rings. The SMILES string of the molecule is CC(C)(C)OC(=O)N[C@H](CCO)C(=O)O.[NaH]. The van der Waals surface area contributed by atoms with Crippen molar-refractivity contribution in [2.45, 2.75) is 38.8 Å². The molecular formula is C9H18NNaO5. The minimum atomic E-state index is -1.20. The van der Waals surface area contributed by atoms with Crippen molar-refractivity contribution in [1.82, 2.24) is 5.32 Å². The molecule has 90 valence electrons. The van der Waals surface area contributed by atoms with Gasteiger partial charge in [0.15, 0.2) is 0 Å². The Morgan fingerprint density at radius 3 is 2.19 bits per heavy atom. The van der Waals surface area contributed by atoms with Gasteiger partial charge in [0.25, 0.3) is 0 Å². The summed E-state index contributed by atoms with van der Waals surface area (Å²) in [7, 11) is 0. The summed E-state index contributed by atoms with van der Waals surface area (Å²) in [6.07, 6.45) is -0.850. The molecule has 1 amide bonds. The van der Waals surface area contributed by atoms with Crippen molar-refractivity contribution in [1.29, 1.82) is 0 Å². The molecule has 16 heavy (non-hydrogen) atoms. The Labute approximate surface area is 117 Å². The number of amides is 1. The van der Waals surface area contributed by atoms with Crippen LogP contribution in [0.2, 0.25) is 0 Å². The summed E-state index contributed by atoms with van der Waals surface area (Å²) in [6, 6.07) is -1.12. The second kappa shape index (κ2) is 7.89. The molecule has 0 heterocycles. The van der Waals surface area contributed by atoms with Crippen LogP contribution < -0.4 is 5.32 Å². The van der Waals surface area contributed by atoms with Gasteiger partial charge in [-0.25, -0.2) is 9.59 Å². The zero-order valence-corrected chi connectivity index (χ0v) is 9.11. The van der Waals surface area contributed by atoms with Crippen LogP contribution in [-0.4, -0.2) is 70.1 Å². The Kier molecular flexibility index (Phi) is 8.91. The molecule has 0 aliphatic carbocycles. The molecule has 0 aromatic heterocycles. The van der Waals surface area contributed by atoms with Gasteiger partial charge in [-0.15, -0.1) is 0 Å². The van der Waals surface area contributed by atoms with Crippen LogP contribution in [0.4, 0.5) is 4.79 Å². The monoisotopic (exact) mass is 243 g/mol. The molecule has 6 nitrogen and oxygen atoms in total. The average molecular weight is 243 g/mol. The summed E-state index contributed by atoms with van der Waals surface area (Å²) >= 11 is 0. The molecule has 0 saturated carbocycles. The van der Waals surface area contributed by atoms with Gasteiger partial charge < -0.3 is 20.3 Å². The number of carboxylic acids is 1. The van der Waals surface area contributed by atoms with Gasteiger partial charge >= 0.3 is 41.6 Å². The van der Waals surface area contributed by atoms with Crippen molar-refractivity contribution >= 4 is 41.6 Å². The third-order valence-electron chi connectivity index (χ3n) is 1.41. The molecule has 0 saturated heterocycles. The summed E-state index contributed by atoms with van der Waals surface area (Å²) in [5.74, 6) is -1.20. The maximum absolute atomic E-state index is 11.2. The van der Waals surface area contributed by atoms with Gasteiger partial charge in [-0.3, -0.25) is 0 Å². The number of ether oxygens (including phenoxy) is 1. The molecule has 0 aliphatic heterocycles. The van der Waals surface area contributed by atoms with Gasteiger partial charge in [0.1, 0.15) is 11.6 Å². The predicted octanol–water partition coefficient (Wildman–Crippen LogP) is -0.302. The van der Waals surface area contributed by atoms with Gasteiger partial charge in [-0.05, 0) is 20.8 Å². The molecule has 0 fully saturated rings. The summed E-state index contributed by atoms with van der Waals surface area (Å²) in [5.41, 5.74) is -0.674. The van der Waals surface area contributed by atoms with Crippen LogP contribution in [0.5, 0.6) is 0 Å². The van der Waals surface area contributed by atoms with E-state index in [1.165, 1.54) is 0 Å². The number of aliphatic carboxylic acids is 1. The molecule has 0 unspecified atom stereocenters. The topological polar surface area (TPSA) is 95.9 Å². The molecule has 0 aromatic carbocycles. The van der Waals surface area contributed by atoms with Crippen LogP contribution in [0, 0.1) is 0 Å². The van der Waals surface area contributed by atoms with Crippen LogP contribution in [0.3, 0.4) is 0 Å². The van der Waals surface area contributed by atoms with Crippen molar-refractivity contribution in [2.24, 2.45) is 0 Å². The van der Waals surface area contributed by atoms with Crippen molar-refractivity contribution in [3.8, 4) is 0 Å². The molecule has 0 spiro atoms. The van der Waals surface area contributed by atoms with Gasteiger partial charge in [-0.2, -0.15) is 0 Å². The maximum atomic E-state index is 11.2. The predicted molar refractivity (Wildman–Crippen MR) is 59.6 cm³/mol. The van der Waals surface area contributed by atoms with Crippen LogP contribution >= 0.6 is 0 Å².